The molecular weight excluding hydrogens is 436 g/mol. The van der Waals surface area contributed by atoms with Crippen molar-refractivity contribution in [3.05, 3.63) is 89.4 Å². The van der Waals surface area contributed by atoms with E-state index in [1.54, 1.807) is 30.3 Å². The van der Waals surface area contributed by atoms with Gasteiger partial charge in [-0.3, -0.25) is 9.10 Å². The molecule has 0 aliphatic rings. The maximum atomic E-state index is 13.4. The van der Waals surface area contributed by atoms with Crippen LogP contribution in [0.4, 0.5) is 5.69 Å². The van der Waals surface area contributed by atoms with Gasteiger partial charge in [0.2, 0.25) is 5.91 Å². The Morgan fingerprint density at radius 1 is 1.03 bits per heavy atom. The molecular formula is C23H23ClN2O4S. The summed E-state index contributed by atoms with van der Waals surface area (Å²) in [5.74, 6) is -0.0348. The first kappa shape index (κ1) is 22.7. The quantitative estimate of drug-likeness (QED) is 0.542. The van der Waals surface area contributed by atoms with Gasteiger partial charge < -0.3 is 10.1 Å². The van der Waals surface area contributed by atoms with Crippen molar-refractivity contribution in [2.45, 2.75) is 17.9 Å². The highest BCUT2D eigenvalue weighted by atomic mass is 35.5. The van der Waals surface area contributed by atoms with Gasteiger partial charge in [-0.15, -0.1) is 0 Å². The van der Waals surface area contributed by atoms with Gasteiger partial charge >= 0.3 is 0 Å². The zero-order chi connectivity index (χ0) is 22.4. The minimum Gasteiger partial charge on any atom is -0.495 e. The van der Waals surface area contributed by atoms with Gasteiger partial charge in [0, 0.05) is 0 Å². The van der Waals surface area contributed by atoms with Crippen molar-refractivity contribution in [2.75, 3.05) is 18.0 Å². The standard InChI is InChI=1S/C23H23ClN2O4S/c1-17(18-9-5-3-6-10-18)25-23(27)16-26(19-13-14-22(30-2)21(24)15-19)31(28,29)20-11-7-4-8-12-20/h3-15,17H,16H2,1-2H3,(H,25,27)/t17-/m1/s1. The number of sulfonamides is 1. The molecule has 3 aromatic rings. The van der Waals surface area contributed by atoms with E-state index < -0.39 is 22.5 Å². The van der Waals surface area contributed by atoms with Gasteiger partial charge in [0.15, 0.2) is 0 Å². The second-order valence-electron chi connectivity index (χ2n) is 6.84. The highest BCUT2D eigenvalue weighted by molar-refractivity contribution is 7.92. The molecule has 0 radical (unpaired) electrons. The molecule has 0 aliphatic carbocycles. The minimum absolute atomic E-state index is 0.0749. The number of hydrogen-bond donors (Lipinski definition) is 1. The van der Waals surface area contributed by atoms with Crippen molar-refractivity contribution in [3.8, 4) is 5.75 Å². The normalized spacial score (nSPS) is 12.1. The van der Waals surface area contributed by atoms with E-state index in [4.69, 9.17) is 16.3 Å². The number of carbonyl (C=O) groups is 1. The topological polar surface area (TPSA) is 75.7 Å². The predicted octanol–water partition coefficient (Wildman–Crippen LogP) is 4.42. The third-order valence-corrected chi connectivity index (χ3v) is 6.80. The van der Waals surface area contributed by atoms with Gasteiger partial charge in [-0.05, 0) is 42.8 Å². The number of nitrogens with zero attached hydrogens (tertiary/aromatic N) is 1. The van der Waals surface area contributed by atoms with Crippen LogP contribution in [0.25, 0.3) is 0 Å². The Kier molecular flexibility index (Phi) is 7.20. The fourth-order valence-electron chi connectivity index (χ4n) is 3.09. The second-order valence-corrected chi connectivity index (χ2v) is 9.11. The summed E-state index contributed by atoms with van der Waals surface area (Å²) in [5.41, 5.74) is 1.18. The number of ether oxygens (including phenoxy) is 1. The smallest absolute Gasteiger partial charge is 0.264 e. The van der Waals surface area contributed by atoms with Gasteiger partial charge in [0.05, 0.1) is 28.8 Å². The van der Waals surface area contributed by atoms with Crippen molar-refractivity contribution < 1.29 is 17.9 Å². The molecule has 0 spiro atoms. The van der Waals surface area contributed by atoms with Crippen LogP contribution in [0.2, 0.25) is 5.02 Å². The second kappa shape index (κ2) is 9.85. The Bertz CT molecular complexity index is 1140. The summed E-state index contributed by atoms with van der Waals surface area (Å²) in [6.07, 6.45) is 0. The van der Waals surface area contributed by atoms with E-state index in [9.17, 15) is 13.2 Å². The van der Waals surface area contributed by atoms with Crippen LogP contribution >= 0.6 is 11.6 Å². The molecule has 162 valence electrons. The lowest BCUT2D eigenvalue weighted by Gasteiger charge is -2.25. The van der Waals surface area contributed by atoms with E-state index in [0.717, 1.165) is 9.87 Å². The van der Waals surface area contributed by atoms with Gasteiger partial charge in [-0.1, -0.05) is 60.1 Å². The van der Waals surface area contributed by atoms with Crippen molar-refractivity contribution >= 4 is 33.2 Å². The molecule has 0 aromatic heterocycles. The maximum Gasteiger partial charge on any atom is 0.264 e. The predicted molar refractivity (Wildman–Crippen MR) is 122 cm³/mol. The number of nitrogens with one attached hydrogen (secondary N) is 1. The number of benzene rings is 3. The first-order valence-corrected chi connectivity index (χ1v) is 11.4. The Morgan fingerprint density at radius 2 is 1.65 bits per heavy atom. The lowest BCUT2D eigenvalue weighted by Crippen LogP contribution is -2.41. The van der Waals surface area contributed by atoms with Crippen LogP contribution in [0.1, 0.15) is 18.5 Å². The van der Waals surface area contributed by atoms with E-state index >= 15 is 0 Å². The first-order chi connectivity index (χ1) is 14.8. The number of hydrogen-bond acceptors (Lipinski definition) is 4. The molecule has 0 saturated heterocycles. The number of anilines is 1. The van der Waals surface area contributed by atoms with Crippen molar-refractivity contribution in [3.63, 3.8) is 0 Å². The average Bonchev–Trinajstić information content (AvgIpc) is 2.78. The van der Waals surface area contributed by atoms with Gasteiger partial charge in [0.1, 0.15) is 12.3 Å². The molecule has 0 fully saturated rings. The molecule has 0 unspecified atom stereocenters. The number of carbonyl (C=O) groups excluding carboxylic acids is 1. The van der Waals surface area contributed by atoms with E-state index in [0.29, 0.717) is 5.75 Å². The summed E-state index contributed by atoms with van der Waals surface area (Å²) in [6, 6.07) is 21.7. The molecule has 8 heteroatoms. The van der Waals surface area contributed by atoms with Crippen molar-refractivity contribution in [1.82, 2.24) is 5.32 Å². The molecule has 0 heterocycles. The summed E-state index contributed by atoms with van der Waals surface area (Å²) in [6.45, 7) is 1.44. The summed E-state index contributed by atoms with van der Waals surface area (Å²) in [5, 5.41) is 3.10. The van der Waals surface area contributed by atoms with Gasteiger partial charge in [-0.25, -0.2) is 8.42 Å². The van der Waals surface area contributed by atoms with Crippen LogP contribution in [0.3, 0.4) is 0 Å². The zero-order valence-electron chi connectivity index (χ0n) is 17.2. The van der Waals surface area contributed by atoms with Crippen LogP contribution in [-0.2, 0) is 14.8 Å². The highest BCUT2D eigenvalue weighted by Gasteiger charge is 2.28. The van der Waals surface area contributed by atoms with E-state index in [-0.39, 0.29) is 21.6 Å². The third-order valence-electron chi connectivity index (χ3n) is 4.72. The number of methoxy groups -OCH3 is 1. The Hall–Kier alpha value is -3.03. The fraction of sp³-hybridized carbons (Fsp3) is 0.174. The summed E-state index contributed by atoms with van der Waals surface area (Å²) < 4.78 is 32.9. The van der Waals surface area contributed by atoms with Crippen LogP contribution in [0.15, 0.2) is 83.8 Å². The van der Waals surface area contributed by atoms with Crippen molar-refractivity contribution in [1.29, 1.82) is 0 Å². The van der Waals surface area contributed by atoms with E-state index in [1.165, 1.54) is 25.3 Å². The summed E-state index contributed by atoms with van der Waals surface area (Å²) in [4.78, 5) is 12.9. The van der Waals surface area contributed by atoms with Crippen molar-refractivity contribution in [2.24, 2.45) is 0 Å². The van der Waals surface area contributed by atoms with E-state index in [1.807, 2.05) is 37.3 Å². The number of halogens is 1. The van der Waals surface area contributed by atoms with E-state index in [2.05, 4.69) is 5.32 Å². The highest BCUT2D eigenvalue weighted by Crippen LogP contribution is 2.31. The lowest BCUT2D eigenvalue weighted by molar-refractivity contribution is -0.120. The van der Waals surface area contributed by atoms with Crippen LogP contribution in [-0.4, -0.2) is 28.0 Å². The molecule has 1 atom stereocenters. The molecule has 1 amide bonds. The zero-order valence-corrected chi connectivity index (χ0v) is 18.7. The largest absolute Gasteiger partial charge is 0.495 e. The average molecular weight is 459 g/mol. The molecule has 6 nitrogen and oxygen atoms in total. The molecule has 0 bridgehead atoms. The molecule has 3 aromatic carbocycles. The summed E-state index contributed by atoms with van der Waals surface area (Å²) >= 11 is 6.22. The number of rotatable bonds is 8. The third kappa shape index (κ3) is 5.37. The van der Waals surface area contributed by atoms with Gasteiger partial charge in [0.25, 0.3) is 10.0 Å². The Labute approximate surface area is 187 Å². The van der Waals surface area contributed by atoms with Crippen LogP contribution in [0, 0.1) is 0 Å². The Morgan fingerprint density at radius 3 is 2.23 bits per heavy atom. The molecule has 3 rings (SSSR count). The first-order valence-electron chi connectivity index (χ1n) is 9.58. The Balaban J connectivity index is 1.92. The molecule has 31 heavy (non-hydrogen) atoms. The SMILES string of the molecule is COc1ccc(N(CC(=O)N[C@H](C)c2ccccc2)S(=O)(=O)c2ccccc2)cc1Cl. The molecule has 0 saturated carbocycles. The van der Waals surface area contributed by atoms with Crippen LogP contribution < -0.4 is 14.4 Å². The lowest BCUT2D eigenvalue weighted by atomic mass is 10.1. The monoisotopic (exact) mass is 458 g/mol. The minimum atomic E-state index is -4.01. The fourth-order valence-corrected chi connectivity index (χ4v) is 4.77. The number of amides is 1. The molecule has 1 N–H and O–H groups in total. The van der Waals surface area contributed by atoms with Crippen LogP contribution in [0.5, 0.6) is 5.75 Å². The van der Waals surface area contributed by atoms with Gasteiger partial charge in [-0.2, -0.15) is 0 Å². The summed E-state index contributed by atoms with van der Waals surface area (Å²) in [7, 11) is -2.54. The molecule has 0 aliphatic heterocycles. The maximum absolute atomic E-state index is 13.4.